The fraction of sp³-hybridized carbons (Fsp3) is 0.250. The van der Waals surface area contributed by atoms with Crippen LogP contribution in [0.3, 0.4) is 0 Å². The minimum atomic E-state index is -0.565. The molecule has 0 spiro atoms. The van der Waals surface area contributed by atoms with Gasteiger partial charge in [0, 0.05) is 45.0 Å². The van der Waals surface area contributed by atoms with E-state index in [9.17, 15) is 14.4 Å². The number of aryl methyl sites for hydroxylation is 3. The lowest BCUT2D eigenvalue weighted by molar-refractivity contribution is 0.112. The molecule has 1 heterocycles. The van der Waals surface area contributed by atoms with Crippen LogP contribution in [0.4, 0.5) is 5.69 Å². The van der Waals surface area contributed by atoms with Crippen LogP contribution in [0.5, 0.6) is 0 Å². The molecule has 0 amide bonds. The zero-order chi connectivity index (χ0) is 19.2. The van der Waals surface area contributed by atoms with Crippen LogP contribution in [0.1, 0.15) is 15.9 Å². The molecule has 3 aromatic rings. The van der Waals surface area contributed by atoms with Crippen molar-refractivity contribution in [1.29, 1.82) is 0 Å². The fourth-order valence-corrected chi connectivity index (χ4v) is 3.25. The Bertz CT molecular complexity index is 1150. The average Bonchev–Trinajstić information content (AvgIpc) is 2.63. The molecule has 2 aromatic carbocycles. The summed E-state index contributed by atoms with van der Waals surface area (Å²) in [4.78, 5) is 37.5. The van der Waals surface area contributed by atoms with E-state index in [0.717, 1.165) is 28.7 Å². The Labute approximate surface area is 150 Å². The van der Waals surface area contributed by atoms with Crippen LogP contribution in [0.2, 0.25) is 0 Å². The first kappa shape index (κ1) is 17.7. The van der Waals surface area contributed by atoms with Crippen LogP contribution in [0, 0.1) is 6.92 Å². The number of carbonyl (C=O) groups excluding carboxylic acids is 1. The van der Waals surface area contributed by atoms with E-state index in [0.29, 0.717) is 16.6 Å². The molecule has 0 aliphatic rings. The average molecular weight is 351 g/mol. The van der Waals surface area contributed by atoms with Gasteiger partial charge in [-0.1, -0.05) is 0 Å². The third-order valence-electron chi connectivity index (χ3n) is 4.77. The summed E-state index contributed by atoms with van der Waals surface area (Å²) in [5.41, 5.74) is 4.56. The normalized spacial score (nSPS) is 11.0. The molecule has 26 heavy (non-hydrogen) atoms. The zero-order valence-electron chi connectivity index (χ0n) is 15.5. The van der Waals surface area contributed by atoms with Crippen molar-refractivity contribution in [3.8, 4) is 11.1 Å². The van der Waals surface area contributed by atoms with E-state index in [4.69, 9.17) is 0 Å². The number of aldehydes is 1. The molecule has 0 saturated carbocycles. The van der Waals surface area contributed by atoms with Gasteiger partial charge in [-0.15, -0.1) is 0 Å². The molecule has 0 unspecified atom stereocenters. The molecule has 0 radical (unpaired) electrons. The Morgan fingerprint density at radius 1 is 0.885 bits per heavy atom. The molecule has 0 atom stereocenters. The number of rotatable bonds is 3. The van der Waals surface area contributed by atoms with Crippen LogP contribution < -0.4 is 16.0 Å². The molecule has 0 bridgehead atoms. The lowest BCUT2D eigenvalue weighted by atomic mass is 9.96. The SMILES string of the molecule is Cc1cc2c(cc1-c1cc(C=O)ccc1N(C)C)n(C)c(=O)c(=O)n2C. The minimum Gasteiger partial charge on any atom is -0.377 e. The fourth-order valence-electron chi connectivity index (χ4n) is 3.25. The molecule has 0 aliphatic heterocycles. The summed E-state index contributed by atoms with van der Waals surface area (Å²) in [5.74, 6) is 0. The van der Waals surface area contributed by atoms with Gasteiger partial charge in [-0.3, -0.25) is 14.4 Å². The molecule has 1 aromatic heterocycles. The number of hydrogen-bond donors (Lipinski definition) is 0. The number of benzene rings is 2. The Morgan fingerprint density at radius 3 is 2.00 bits per heavy atom. The van der Waals surface area contributed by atoms with Gasteiger partial charge in [0.05, 0.1) is 11.0 Å². The van der Waals surface area contributed by atoms with Crippen LogP contribution in [0.25, 0.3) is 22.2 Å². The van der Waals surface area contributed by atoms with Gasteiger partial charge < -0.3 is 14.0 Å². The van der Waals surface area contributed by atoms with E-state index in [-0.39, 0.29) is 0 Å². The topological polar surface area (TPSA) is 64.3 Å². The number of carbonyl (C=O) groups is 1. The van der Waals surface area contributed by atoms with Gasteiger partial charge in [-0.2, -0.15) is 0 Å². The highest BCUT2D eigenvalue weighted by Crippen LogP contribution is 2.34. The standard InChI is InChI=1S/C20H21N3O3/c1-12-8-17-18(23(5)20(26)19(25)22(17)4)10-14(12)15-9-13(11-24)6-7-16(15)21(2)3/h6-11H,1-5H3. The molecule has 6 nitrogen and oxygen atoms in total. The van der Waals surface area contributed by atoms with Crippen LogP contribution in [-0.4, -0.2) is 29.5 Å². The molecule has 0 N–H and O–H groups in total. The van der Waals surface area contributed by atoms with Crippen LogP contribution >= 0.6 is 0 Å². The van der Waals surface area contributed by atoms with Gasteiger partial charge in [-0.25, -0.2) is 0 Å². The van der Waals surface area contributed by atoms with E-state index in [1.165, 1.54) is 9.13 Å². The van der Waals surface area contributed by atoms with Crippen molar-refractivity contribution < 1.29 is 4.79 Å². The first-order chi connectivity index (χ1) is 12.3. The van der Waals surface area contributed by atoms with Gasteiger partial charge in [-0.05, 0) is 48.4 Å². The second-order valence-electron chi connectivity index (χ2n) is 6.67. The quantitative estimate of drug-likeness (QED) is 0.535. The van der Waals surface area contributed by atoms with Gasteiger partial charge in [0.1, 0.15) is 6.29 Å². The summed E-state index contributed by atoms with van der Waals surface area (Å²) in [5, 5.41) is 0. The molecule has 0 fully saturated rings. The van der Waals surface area contributed by atoms with Crippen molar-refractivity contribution in [2.75, 3.05) is 19.0 Å². The number of aromatic nitrogens is 2. The van der Waals surface area contributed by atoms with Crippen molar-refractivity contribution >= 4 is 23.0 Å². The molecule has 0 aliphatic carbocycles. The maximum absolute atomic E-state index is 12.2. The summed E-state index contributed by atoms with van der Waals surface area (Å²) in [6, 6.07) is 9.33. The number of nitrogens with zero attached hydrogens (tertiary/aromatic N) is 3. The van der Waals surface area contributed by atoms with E-state index >= 15 is 0 Å². The van der Waals surface area contributed by atoms with Crippen molar-refractivity contribution in [2.24, 2.45) is 14.1 Å². The van der Waals surface area contributed by atoms with Crippen molar-refractivity contribution in [3.05, 3.63) is 62.2 Å². The molecular weight excluding hydrogens is 330 g/mol. The highest BCUT2D eigenvalue weighted by atomic mass is 16.2. The van der Waals surface area contributed by atoms with Gasteiger partial charge in [0.15, 0.2) is 0 Å². The van der Waals surface area contributed by atoms with E-state index < -0.39 is 11.1 Å². The minimum absolute atomic E-state index is 0.552. The largest absolute Gasteiger partial charge is 0.377 e. The predicted molar refractivity (Wildman–Crippen MR) is 104 cm³/mol. The Kier molecular flexibility index (Phi) is 4.28. The second kappa shape index (κ2) is 6.29. The third kappa shape index (κ3) is 2.63. The van der Waals surface area contributed by atoms with Crippen LogP contribution in [0.15, 0.2) is 39.9 Å². The highest BCUT2D eigenvalue weighted by molar-refractivity contribution is 5.91. The zero-order valence-corrected chi connectivity index (χ0v) is 15.5. The summed E-state index contributed by atoms with van der Waals surface area (Å²) in [6.45, 7) is 1.96. The van der Waals surface area contributed by atoms with Crippen molar-refractivity contribution in [3.63, 3.8) is 0 Å². The monoisotopic (exact) mass is 351 g/mol. The molecule has 6 heteroatoms. The van der Waals surface area contributed by atoms with Crippen molar-refractivity contribution in [1.82, 2.24) is 9.13 Å². The summed E-state index contributed by atoms with van der Waals surface area (Å²) >= 11 is 0. The van der Waals surface area contributed by atoms with Gasteiger partial charge in [0.2, 0.25) is 0 Å². The Morgan fingerprint density at radius 2 is 1.46 bits per heavy atom. The van der Waals surface area contributed by atoms with Crippen LogP contribution in [-0.2, 0) is 14.1 Å². The number of fused-ring (bicyclic) bond motifs is 1. The highest BCUT2D eigenvalue weighted by Gasteiger charge is 2.15. The van der Waals surface area contributed by atoms with Gasteiger partial charge >= 0.3 is 11.1 Å². The summed E-state index contributed by atoms with van der Waals surface area (Å²) in [6.07, 6.45) is 0.818. The maximum atomic E-state index is 12.2. The van der Waals surface area contributed by atoms with E-state index in [1.54, 1.807) is 20.2 Å². The third-order valence-corrected chi connectivity index (χ3v) is 4.77. The van der Waals surface area contributed by atoms with Gasteiger partial charge in [0.25, 0.3) is 0 Å². The predicted octanol–water partition coefficient (Wildman–Crippen LogP) is 2.09. The molecule has 0 saturated heterocycles. The summed E-state index contributed by atoms with van der Waals surface area (Å²) < 4.78 is 2.75. The number of anilines is 1. The second-order valence-corrected chi connectivity index (χ2v) is 6.67. The molecule has 134 valence electrons. The smallest absolute Gasteiger partial charge is 0.316 e. The Hall–Kier alpha value is -3.15. The van der Waals surface area contributed by atoms with E-state index in [2.05, 4.69) is 0 Å². The first-order valence-corrected chi connectivity index (χ1v) is 8.23. The number of hydrogen-bond acceptors (Lipinski definition) is 4. The lowest BCUT2D eigenvalue weighted by Crippen LogP contribution is -2.39. The first-order valence-electron chi connectivity index (χ1n) is 8.23. The van der Waals surface area contributed by atoms with Crippen molar-refractivity contribution in [2.45, 2.75) is 6.92 Å². The molecular formula is C20H21N3O3. The Balaban J connectivity index is 2.44. The summed E-state index contributed by atoms with van der Waals surface area (Å²) in [7, 11) is 7.08. The maximum Gasteiger partial charge on any atom is 0.316 e. The lowest BCUT2D eigenvalue weighted by Gasteiger charge is -2.20. The molecule has 3 rings (SSSR count). The van der Waals surface area contributed by atoms with E-state index in [1.807, 2.05) is 50.2 Å².